The lowest BCUT2D eigenvalue weighted by molar-refractivity contribution is 0.689. The van der Waals surface area contributed by atoms with E-state index in [1.807, 2.05) is 65.5 Å². The van der Waals surface area contributed by atoms with Gasteiger partial charge in [0.1, 0.15) is 17.3 Å². The van der Waals surface area contributed by atoms with Gasteiger partial charge < -0.3 is 0 Å². The number of aromatic nitrogens is 3. The average Bonchev–Trinajstić information content (AvgIpc) is 3.17. The normalized spacial score (nSPS) is 11.0. The molecule has 0 amide bonds. The summed E-state index contributed by atoms with van der Waals surface area (Å²) in [4.78, 5) is 12.7. The van der Waals surface area contributed by atoms with Crippen LogP contribution >= 0.6 is 0 Å². The van der Waals surface area contributed by atoms with Gasteiger partial charge in [-0.25, -0.2) is 4.68 Å². The summed E-state index contributed by atoms with van der Waals surface area (Å²) in [5, 5.41) is 18.5. The third-order valence-electron chi connectivity index (χ3n) is 5.01. The van der Waals surface area contributed by atoms with Crippen LogP contribution in [-0.2, 0) is 6.54 Å². The van der Waals surface area contributed by atoms with E-state index in [2.05, 4.69) is 17.2 Å². The van der Waals surface area contributed by atoms with Crippen LogP contribution in [-0.4, -0.2) is 20.7 Å². The van der Waals surface area contributed by atoms with Crippen molar-refractivity contribution in [3.63, 3.8) is 0 Å². The zero-order valence-electron chi connectivity index (χ0n) is 17.4. The van der Waals surface area contributed by atoms with Gasteiger partial charge in [-0.05, 0) is 31.0 Å². The third-order valence-corrected chi connectivity index (χ3v) is 5.01. The number of nitriles is 1. The fourth-order valence-corrected chi connectivity index (χ4v) is 3.48. The van der Waals surface area contributed by atoms with Crippen LogP contribution in [0, 0.1) is 25.2 Å². The van der Waals surface area contributed by atoms with E-state index in [1.54, 1.807) is 26.1 Å². The first-order valence-electron chi connectivity index (χ1n) is 9.91. The zero-order chi connectivity index (χ0) is 21.8. The molecule has 0 saturated heterocycles. The van der Waals surface area contributed by atoms with E-state index in [0.29, 0.717) is 17.8 Å². The number of aryl methyl sites for hydroxylation is 2. The first-order chi connectivity index (χ1) is 15.1. The molecular formula is C25H21N5O. The maximum absolute atomic E-state index is 12.7. The summed E-state index contributed by atoms with van der Waals surface area (Å²) < 4.78 is 3.12. The lowest BCUT2D eigenvalue weighted by atomic mass is 10.1. The Labute approximate surface area is 180 Å². The van der Waals surface area contributed by atoms with Crippen LogP contribution in [0.25, 0.3) is 11.3 Å². The van der Waals surface area contributed by atoms with Crippen LogP contribution in [0.5, 0.6) is 0 Å². The molecule has 4 rings (SSSR count). The maximum atomic E-state index is 12.7. The monoisotopic (exact) mass is 407 g/mol. The van der Waals surface area contributed by atoms with Gasteiger partial charge in [-0.15, -0.1) is 0 Å². The Morgan fingerprint density at radius 2 is 1.74 bits per heavy atom. The summed E-state index contributed by atoms with van der Waals surface area (Å²) in [5.74, 6) is 0. The Balaban J connectivity index is 1.77. The third kappa shape index (κ3) is 4.21. The van der Waals surface area contributed by atoms with Gasteiger partial charge in [-0.2, -0.15) is 15.5 Å². The highest BCUT2D eigenvalue weighted by Crippen LogP contribution is 2.21. The van der Waals surface area contributed by atoms with Crippen LogP contribution in [0.1, 0.15) is 27.9 Å². The van der Waals surface area contributed by atoms with Crippen molar-refractivity contribution < 1.29 is 0 Å². The molecule has 0 N–H and O–H groups in total. The highest BCUT2D eigenvalue weighted by Gasteiger charge is 2.12. The molecule has 0 aliphatic heterocycles. The largest absolute Gasteiger partial charge is 0.289 e. The minimum Gasteiger partial charge on any atom is -0.267 e. The first kappa shape index (κ1) is 20.0. The topological polar surface area (TPSA) is 76.0 Å². The number of rotatable bonds is 5. The predicted molar refractivity (Wildman–Crippen MR) is 121 cm³/mol. The minimum absolute atomic E-state index is 0.103. The van der Waals surface area contributed by atoms with Crippen LogP contribution < -0.4 is 5.56 Å². The van der Waals surface area contributed by atoms with Crippen molar-refractivity contribution in [1.29, 1.82) is 5.26 Å². The summed E-state index contributed by atoms with van der Waals surface area (Å²) in [6, 6.07) is 23.7. The van der Waals surface area contributed by atoms with E-state index in [9.17, 15) is 10.1 Å². The van der Waals surface area contributed by atoms with E-state index in [1.165, 1.54) is 4.68 Å². The SMILES string of the molecule is Cc1cc(C)n(/N=C\c2cn(Cc3ccccc3)nc2-c2ccccc2)c(=O)c1C#N. The molecule has 0 saturated carbocycles. The molecule has 0 spiro atoms. The molecule has 4 aromatic rings. The Morgan fingerprint density at radius 1 is 1.06 bits per heavy atom. The van der Waals surface area contributed by atoms with Crippen molar-refractivity contribution in [3.05, 3.63) is 111 Å². The van der Waals surface area contributed by atoms with Gasteiger partial charge in [0.05, 0.1) is 12.8 Å². The molecule has 2 heterocycles. The van der Waals surface area contributed by atoms with Crippen LogP contribution in [0.15, 0.2) is 82.8 Å². The fraction of sp³-hybridized carbons (Fsp3) is 0.120. The van der Waals surface area contributed by atoms with Gasteiger partial charge in [-0.3, -0.25) is 9.48 Å². The van der Waals surface area contributed by atoms with Crippen molar-refractivity contribution >= 4 is 6.21 Å². The number of hydrogen-bond donors (Lipinski definition) is 0. The van der Waals surface area contributed by atoms with Crippen molar-refractivity contribution in [2.45, 2.75) is 20.4 Å². The molecule has 0 atom stereocenters. The lowest BCUT2D eigenvalue weighted by Gasteiger charge is -2.06. The first-order valence-corrected chi connectivity index (χ1v) is 9.91. The van der Waals surface area contributed by atoms with Crippen molar-refractivity contribution in [1.82, 2.24) is 14.5 Å². The molecule has 0 aliphatic carbocycles. The highest BCUT2D eigenvalue weighted by atomic mass is 16.1. The van der Waals surface area contributed by atoms with Gasteiger partial charge in [0.25, 0.3) is 5.56 Å². The second kappa shape index (κ2) is 8.64. The molecule has 0 radical (unpaired) electrons. The second-order valence-electron chi connectivity index (χ2n) is 7.30. The number of nitrogens with zero attached hydrogens (tertiary/aromatic N) is 5. The zero-order valence-corrected chi connectivity index (χ0v) is 17.4. The van der Waals surface area contributed by atoms with Gasteiger partial charge in [0.2, 0.25) is 0 Å². The van der Waals surface area contributed by atoms with E-state index >= 15 is 0 Å². The molecule has 31 heavy (non-hydrogen) atoms. The fourth-order valence-electron chi connectivity index (χ4n) is 3.48. The minimum atomic E-state index is -0.422. The van der Waals surface area contributed by atoms with Crippen molar-refractivity contribution in [2.24, 2.45) is 5.10 Å². The molecule has 6 nitrogen and oxygen atoms in total. The molecular weight excluding hydrogens is 386 g/mol. The smallest absolute Gasteiger partial charge is 0.267 e. The molecule has 2 aromatic heterocycles. The van der Waals surface area contributed by atoms with E-state index in [-0.39, 0.29) is 5.56 Å². The van der Waals surface area contributed by atoms with Crippen LogP contribution in [0.2, 0.25) is 0 Å². The summed E-state index contributed by atoms with van der Waals surface area (Å²) in [6.07, 6.45) is 3.54. The lowest BCUT2D eigenvalue weighted by Crippen LogP contribution is -2.22. The quantitative estimate of drug-likeness (QED) is 0.467. The maximum Gasteiger partial charge on any atom is 0.289 e. The van der Waals surface area contributed by atoms with Gasteiger partial charge in [0.15, 0.2) is 0 Å². The predicted octanol–water partition coefficient (Wildman–Crippen LogP) is 4.13. The van der Waals surface area contributed by atoms with Crippen LogP contribution in [0.4, 0.5) is 0 Å². The number of hydrogen-bond acceptors (Lipinski definition) is 4. The standard InChI is InChI=1S/C25H21N5O/c1-18-13-19(2)30(25(31)23(18)14-26)27-15-22-17-29(16-20-9-5-3-6-10-20)28-24(22)21-11-7-4-8-12-21/h3-13,15,17H,16H2,1-2H3/b27-15-. The highest BCUT2D eigenvalue weighted by molar-refractivity contribution is 5.88. The van der Waals surface area contributed by atoms with Gasteiger partial charge >= 0.3 is 0 Å². The second-order valence-corrected chi connectivity index (χ2v) is 7.30. The summed E-state index contributed by atoms with van der Waals surface area (Å²) in [7, 11) is 0. The summed E-state index contributed by atoms with van der Waals surface area (Å²) in [5.41, 5.74) is 4.65. The van der Waals surface area contributed by atoms with E-state index < -0.39 is 5.56 Å². The molecule has 2 aromatic carbocycles. The van der Waals surface area contributed by atoms with Crippen molar-refractivity contribution in [3.8, 4) is 17.3 Å². The van der Waals surface area contributed by atoms with E-state index in [0.717, 1.165) is 22.4 Å². The molecule has 152 valence electrons. The molecule has 0 aliphatic rings. The average molecular weight is 407 g/mol. The van der Waals surface area contributed by atoms with Crippen molar-refractivity contribution in [2.75, 3.05) is 0 Å². The molecule has 0 unspecified atom stereocenters. The Bertz CT molecular complexity index is 1340. The Hall–Kier alpha value is -4.24. The Kier molecular flexibility index (Phi) is 5.59. The molecule has 6 heteroatoms. The Morgan fingerprint density at radius 3 is 2.42 bits per heavy atom. The van der Waals surface area contributed by atoms with Gasteiger partial charge in [0, 0.05) is 23.0 Å². The van der Waals surface area contributed by atoms with Crippen LogP contribution in [0.3, 0.4) is 0 Å². The van der Waals surface area contributed by atoms with Gasteiger partial charge in [-0.1, -0.05) is 60.7 Å². The number of benzene rings is 2. The molecule has 0 bridgehead atoms. The summed E-state index contributed by atoms with van der Waals surface area (Å²) >= 11 is 0. The summed E-state index contributed by atoms with van der Waals surface area (Å²) in [6.45, 7) is 4.17. The molecule has 0 fully saturated rings. The van der Waals surface area contributed by atoms with E-state index in [4.69, 9.17) is 5.10 Å². The number of pyridine rings is 1.